The molecule has 0 bridgehead atoms. The second-order valence-corrected chi connectivity index (χ2v) is 4.27. The van der Waals surface area contributed by atoms with Crippen molar-refractivity contribution in [2.24, 2.45) is 5.41 Å². The zero-order chi connectivity index (χ0) is 9.90. The molecule has 78 valence electrons. The van der Waals surface area contributed by atoms with Crippen LogP contribution in [0.3, 0.4) is 0 Å². The summed E-state index contributed by atoms with van der Waals surface area (Å²) < 4.78 is 0. The van der Waals surface area contributed by atoms with E-state index in [1.165, 1.54) is 32.2 Å². The van der Waals surface area contributed by atoms with E-state index < -0.39 is 0 Å². The number of likely N-dealkylation sites (tertiary alicyclic amines) is 1. The monoisotopic (exact) mass is 185 g/mol. The molecule has 1 heterocycles. The minimum Gasteiger partial charge on any atom is -0.395 e. The van der Waals surface area contributed by atoms with E-state index in [1.54, 1.807) is 0 Å². The number of likely N-dealkylation sites (N-methyl/N-ethyl adjacent to an activating group) is 1. The van der Waals surface area contributed by atoms with Gasteiger partial charge in [0.1, 0.15) is 0 Å². The van der Waals surface area contributed by atoms with Crippen LogP contribution in [-0.2, 0) is 0 Å². The van der Waals surface area contributed by atoms with Crippen molar-refractivity contribution < 1.29 is 5.11 Å². The Kier molecular flexibility index (Phi) is 3.74. The lowest BCUT2D eigenvalue weighted by Crippen LogP contribution is -2.42. The van der Waals surface area contributed by atoms with Gasteiger partial charge in [0.15, 0.2) is 0 Å². The van der Waals surface area contributed by atoms with Gasteiger partial charge in [-0.15, -0.1) is 0 Å². The van der Waals surface area contributed by atoms with Crippen molar-refractivity contribution in [3.63, 3.8) is 0 Å². The van der Waals surface area contributed by atoms with Gasteiger partial charge in [0.25, 0.3) is 0 Å². The second kappa shape index (κ2) is 4.43. The van der Waals surface area contributed by atoms with Crippen LogP contribution in [0.5, 0.6) is 0 Å². The summed E-state index contributed by atoms with van der Waals surface area (Å²) in [5.74, 6) is 0. The van der Waals surface area contributed by atoms with E-state index in [4.69, 9.17) is 5.11 Å². The molecule has 0 aromatic heterocycles. The molecule has 0 amide bonds. The van der Waals surface area contributed by atoms with E-state index in [1.807, 2.05) is 13.8 Å². The predicted octanol–water partition coefficient (Wildman–Crippen LogP) is 1.88. The summed E-state index contributed by atoms with van der Waals surface area (Å²) in [4.78, 5) is 2.30. The van der Waals surface area contributed by atoms with Crippen molar-refractivity contribution >= 4 is 0 Å². The molecule has 1 spiro atoms. The molecular weight excluding hydrogens is 162 g/mol. The average molecular weight is 185 g/mol. The Balaban J connectivity index is 0.000000396. The lowest BCUT2D eigenvalue weighted by atomic mass is 9.89. The molecule has 1 saturated carbocycles. The fourth-order valence-corrected chi connectivity index (χ4v) is 2.19. The van der Waals surface area contributed by atoms with E-state index in [0.29, 0.717) is 18.1 Å². The lowest BCUT2D eigenvalue weighted by Gasteiger charge is -2.36. The Labute approximate surface area is 81.9 Å². The van der Waals surface area contributed by atoms with Gasteiger partial charge in [-0.1, -0.05) is 13.8 Å². The first-order valence-corrected chi connectivity index (χ1v) is 5.57. The maximum atomic E-state index is 9.08. The van der Waals surface area contributed by atoms with Crippen molar-refractivity contribution in [2.75, 3.05) is 20.2 Å². The zero-order valence-corrected chi connectivity index (χ0v) is 9.21. The Bertz CT molecular complexity index is 154. The Morgan fingerprint density at radius 1 is 1.31 bits per heavy atom. The van der Waals surface area contributed by atoms with Crippen molar-refractivity contribution in [2.45, 2.75) is 45.6 Å². The first-order valence-electron chi connectivity index (χ1n) is 5.57. The van der Waals surface area contributed by atoms with Gasteiger partial charge in [-0.3, -0.25) is 0 Å². The topological polar surface area (TPSA) is 23.5 Å². The number of nitrogens with zero attached hydrogens (tertiary/aromatic N) is 1. The molecule has 2 heteroatoms. The molecule has 1 atom stereocenters. The summed E-state index contributed by atoms with van der Waals surface area (Å²) in [5, 5.41) is 9.08. The molecule has 0 aromatic rings. The number of aliphatic hydroxyl groups excluding tert-OH is 1. The summed E-state index contributed by atoms with van der Waals surface area (Å²) in [5.41, 5.74) is 0.680. The highest BCUT2D eigenvalue weighted by Crippen LogP contribution is 2.54. The van der Waals surface area contributed by atoms with Crippen LogP contribution < -0.4 is 0 Å². The molecule has 0 radical (unpaired) electrons. The number of hydrogen-bond donors (Lipinski definition) is 1. The first-order chi connectivity index (χ1) is 6.26. The molecule has 1 N–H and O–H groups in total. The summed E-state index contributed by atoms with van der Waals surface area (Å²) in [7, 11) is 2.12. The average Bonchev–Trinajstić information content (AvgIpc) is 2.94. The van der Waals surface area contributed by atoms with Crippen LogP contribution in [0.4, 0.5) is 0 Å². The van der Waals surface area contributed by atoms with Crippen LogP contribution in [0.25, 0.3) is 0 Å². The van der Waals surface area contributed by atoms with E-state index in [9.17, 15) is 0 Å². The maximum absolute atomic E-state index is 9.08. The molecule has 2 rings (SSSR count). The minimum absolute atomic E-state index is 0.345. The lowest BCUT2D eigenvalue weighted by molar-refractivity contribution is 0.0783. The normalized spacial score (nSPS) is 30.9. The van der Waals surface area contributed by atoms with Gasteiger partial charge in [-0.25, -0.2) is 0 Å². The summed E-state index contributed by atoms with van der Waals surface area (Å²) in [6.07, 6.45) is 5.43. The largest absolute Gasteiger partial charge is 0.395 e. The van der Waals surface area contributed by atoms with Crippen LogP contribution in [0.1, 0.15) is 39.5 Å². The molecule has 2 aliphatic rings. The highest BCUT2D eigenvalue weighted by atomic mass is 16.3. The van der Waals surface area contributed by atoms with E-state index in [2.05, 4.69) is 11.9 Å². The molecule has 2 nitrogen and oxygen atoms in total. The Hall–Kier alpha value is -0.0800. The van der Waals surface area contributed by atoms with Crippen LogP contribution in [-0.4, -0.2) is 36.2 Å². The highest BCUT2D eigenvalue weighted by molar-refractivity contribution is 4.99. The smallest absolute Gasteiger partial charge is 0.0586 e. The van der Waals surface area contributed by atoms with Gasteiger partial charge in [-0.05, 0) is 44.7 Å². The van der Waals surface area contributed by atoms with E-state index in [0.717, 1.165) is 0 Å². The Morgan fingerprint density at radius 3 is 2.38 bits per heavy atom. The quantitative estimate of drug-likeness (QED) is 0.674. The first kappa shape index (κ1) is 11.0. The number of rotatable bonds is 1. The molecular formula is C11H23NO. The van der Waals surface area contributed by atoms with Gasteiger partial charge in [0, 0.05) is 6.04 Å². The van der Waals surface area contributed by atoms with Gasteiger partial charge in [0.2, 0.25) is 0 Å². The number of hydrogen-bond acceptors (Lipinski definition) is 2. The van der Waals surface area contributed by atoms with Gasteiger partial charge in [0.05, 0.1) is 6.61 Å². The SMILES string of the molecule is CC.CN1CCC2(CC2)CC1CO. The molecule has 0 aromatic carbocycles. The third kappa shape index (κ3) is 2.44. The highest BCUT2D eigenvalue weighted by Gasteiger charge is 2.46. The standard InChI is InChI=1S/C9H17NO.C2H6/c1-10-5-4-9(2-3-9)6-8(10)7-11;1-2/h8,11H,2-7H2,1H3;1-2H3. The predicted molar refractivity (Wildman–Crippen MR) is 55.8 cm³/mol. The molecule has 1 aliphatic carbocycles. The van der Waals surface area contributed by atoms with Crippen LogP contribution in [0.2, 0.25) is 0 Å². The number of piperidine rings is 1. The van der Waals surface area contributed by atoms with Crippen molar-refractivity contribution in [1.29, 1.82) is 0 Å². The van der Waals surface area contributed by atoms with Crippen molar-refractivity contribution in [3.8, 4) is 0 Å². The summed E-state index contributed by atoms with van der Waals surface area (Å²) in [6, 6.07) is 0.450. The maximum Gasteiger partial charge on any atom is 0.0586 e. The molecule has 1 saturated heterocycles. The Morgan fingerprint density at radius 2 is 1.92 bits per heavy atom. The van der Waals surface area contributed by atoms with E-state index >= 15 is 0 Å². The van der Waals surface area contributed by atoms with Crippen molar-refractivity contribution in [3.05, 3.63) is 0 Å². The van der Waals surface area contributed by atoms with Gasteiger partial charge in [-0.2, -0.15) is 0 Å². The van der Waals surface area contributed by atoms with Gasteiger partial charge < -0.3 is 10.0 Å². The zero-order valence-electron chi connectivity index (χ0n) is 9.21. The molecule has 1 aliphatic heterocycles. The summed E-state index contributed by atoms with van der Waals surface area (Å²) >= 11 is 0. The molecule has 13 heavy (non-hydrogen) atoms. The van der Waals surface area contributed by atoms with E-state index in [-0.39, 0.29) is 0 Å². The van der Waals surface area contributed by atoms with Crippen LogP contribution >= 0.6 is 0 Å². The molecule has 2 fully saturated rings. The second-order valence-electron chi connectivity index (χ2n) is 4.27. The van der Waals surface area contributed by atoms with Crippen LogP contribution in [0, 0.1) is 5.41 Å². The van der Waals surface area contributed by atoms with Gasteiger partial charge >= 0.3 is 0 Å². The number of aliphatic hydroxyl groups is 1. The van der Waals surface area contributed by atoms with Crippen LogP contribution in [0.15, 0.2) is 0 Å². The van der Waals surface area contributed by atoms with Crippen molar-refractivity contribution in [1.82, 2.24) is 4.90 Å². The third-order valence-corrected chi connectivity index (χ3v) is 3.45. The minimum atomic E-state index is 0.345. The third-order valence-electron chi connectivity index (χ3n) is 3.45. The molecule has 1 unspecified atom stereocenters. The summed E-state index contributed by atoms with van der Waals surface area (Å²) in [6.45, 7) is 5.53. The fraction of sp³-hybridized carbons (Fsp3) is 1.00. The fourth-order valence-electron chi connectivity index (χ4n) is 2.19.